The van der Waals surface area contributed by atoms with E-state index in [0.29, 0.717) is 0 Å². The van der Waals surface area contributed by atoms with Crippen molar-refractivity contribution in [3.63, 3.8) is 0 Å². The lowest BCUT2D eigenvalue weighted by atomic mass is 10.0. The zero-order valence-electron chi connectivity index (χ0n) is 14.2. The molecule has 1 aromatic carbocycles. The van der Waals surface area contributed by atoms with E-state index >= 15 is 0 Å². The number of likely N-dealkylation sites (tertiary alicyclic amines) is 1. The van der Waals surface area contributed by atoms with Gasteiger partial charge in [-0.1, -0.05) is 18.2 Å². The first-order valence-corrected chi connectivity index (χ1v) is 9.59. The smallest absolute Gasteiger partial charge is 0.261 e. The van der Waals surface area contributed by atoms with Gasteiger partial charge in [0.15, 0.2) is 0 Å². The highest BCUT2D eigenvalue weighted by Gasteiger charge is 2.21. The second kappa shape index (κ2) is 7.45. The summed E-state index contributed by atoms with van der Waals surface area (Å²) in [5.74, 6) is 0.0883. The van der Waals surface area contributed by atoms with Gasteiger partial charge in [0.25, 0.3) is 5.91 Å². The van der Waals surface area contributed by atoms with Crippen LogP contribution in [0, 0.1) is 6.92 Å². The number of quaternary nitrogens is 1. The summed E-state index contributed by atoms with van der Waals surface area (Å²) in [5.41, 5.74) is 1.11. The summed E-state index contributed by atoms with van der Waals surface area (Å²) in [6.07, 6.45) is 5.15. The molecule has 1 fully saturated rings. The van der Waals surface area contributed by atoms with Crippen LogP contribution in [0.25, 0.3) is 10.1 Å². The van der Waals surface area contributed by atoms with Crippen molar-refractivity contribution in [3.05, 3.63) is 34.7 Å². The Kier molecular flexibility index (Phi) is 5.34. The van der Waals surface area contributed by atoms with E-state index < -0.39 is 0 Å². The molecule has 1 aromatic heterocycles. The Bertz CT molecular complexity index is 679. The third kappa shape index (κ3) is 3.75. The average molecular weight is 332 g/mol. The third-order valence-electron chi connectivity index (χ3n) is 5.09. The van der Waals surface area contributed by atoms with Gasteiger partial charge in [-0.05, 0) is 50.1 Å². The molecule has 2 atom stereocenters. The van der Waals surface area contributed by atoms with Gasteiger partial charge in [0.1, 0.15) is 0 Å². The second-order valence-corrected chi connectivity index (χ2v) is 7.77. The first-order chi connectivity index (χ1) is 11.2. The maximum atomic E-state index is 12.4. The minimum atomic E-state index is 0.0883. The number of fused-ring (bicyclic) bond motifs is 1. The molecule has 1 saturated heterocycles. The van der Waals surface area contributed by atoms with Crippen LogP contribution in [0.3, 0.4) is 0 Å². The van der Waals surface area contributed by atoms with Gasteiger partial charge in [0, 0.05) is 17.7 Å². The molecule has 1 aliphatic rings. The molecule has 3 rings (SSSR count). The number of benzene rings is 1. The van der Waals surface area contributed by atoms with E-state index in [1.54, 1.807) is 16.2 Å². The molecule has 0 saturated carbocycles. The molecule has 1 amide bonds. The summed E-state index contributed by atoms with van der Waals surface area (Å²) in [6, 6.07) is 9.03. The standard InChI is InChI=1S/C19H26N2OS/c1-14-8-5-6-12-21(14)13-7-11-20-19(22)18-15(2)16-9-3-4-10-17(16)23-18/h3-4,9-10,14H,5-8,11-13H2,1-2H3,(H,20,22)/p+1/t14-/m1/s1. The molecule has 0 spiro atoms. The maximum Gasteiger partial charge on any atom is 0.261 e. The van der Waals surface area contributed by atoms with Gasteiger partial charge in [0.2, 0.25) is 0 Å². The summed E-state index contributed by atoms with van der Waals surface area (Å²) in [6.45, 7) is 7.65. The van der Waals surface area contributed by atoms with E-state index in [2.05, 4.69) is 24.4 Å². The molecule has 4 heteroatoms. The minimum absolute atomic E-state index is 0.0883. The molecule has 0 bridgehead atoms. The van der Waals surface area contributed by atoms with E-state index in [4.69, 9.17) is 0 Å². The average Bonchev–Trinajstić information content (AvgIpc) is 2.90. The summed E-state index contributed by atoms with van der Waals surface area (Å²) in [5, 5.41) is 4.32. The van der Waals surface area contributed by atoms with Crippen LogP contribution in [0.4, 0.5) is 0 Å². The number of thiophene rings is 1. The van der Waals surface area contributed by atoms with Crippen molar-refractivity contribution in [2.75, 3.05) is 19.6 Å². The van der Waals surface area contributed by atoms with E-state index in [1.165, 1.54) is 42.4 Å². The highest BCUT2D eigenvalue weighted by molar-refractivity contribution is 7.21. The lowest BCUT2D eigenvalue weighted by Gasteiger charge is -2.30. The number of piperidine rings is 1. The molecule has 2 N–H and O–H groups in total. The van der Waals surface area contributed by atoms with E-state index in [-0.39, 0.29) is 5.91 Å². The van der Waals surface area contributed by atoms with E-state index in [0.717, 1.165) is 29.4 Å². The Balaban J connectivity index is 1.51. The fraction of sp³-hybridized carbons (Fsp3) is 0.526. The molecule has 124 valence electrons. The summed E-state index contributed by atoms with van der Waals surface area (Å²) < 4.78 is 1.20. The van der Waals surface area contributed by atoms with Crippen LogP contribution < -0.4 is 10.2 Å². The lowest BCUT2D eigenvalue weighted by Crippen LogP contribution is -3.16. The first-order valence-electron chi connectivity index (χ1n) is 8.77. The fourth-order valence-corrected chi connectivity index (χ4v) is 4.74. The number of amides is 1. The van der Waals surface area contributed by atoms with Crippen LogP contribution in [-0.2, 0) is 0 Å². The first kappa shape index (κ1) is 16.5. The van der Waals surface area contributed by atoms with Crippen LogP contribution in [0.2, 0.25) is 0 Å². The van der Waals surface area contributed by atoms with Crippen LogP contribution in [0.15, 0.2) is 24.3 Å². The Morgan fingerprint density at radius 2 is 2.17 bits per heavy atom. The predicted molar refractivity (Wildman–Crippen MR) is 97.5 cm³/mol. The topological polar surface area (TPSA) is 33.5 Å². The largest absolute Gasteiger partial charge is 0.351 e. The highest BCUT2D eigenvalue weighted by Crippen LogP contribution is 2.30. The summed E-state index contributed by atoms with van der Waals surface area (Å²) in [7, 11) is 0. The van der Waals surface area contributed by atoms with Crippen molar-refractivity contribution in [1.29, 1.82) is 0 Å². The zero-order valence-corrected chi connectivity index (χ0v) is 15.0. The van der Waals surface area contributed by atoms with Crippen molar-refractivity contribution >= 4 is 27.3 Å². The van der Waals surface area contributed by atoms with Gasteiger partial charge in [-0.2, -0.15) is 0 Å². The molecule has 2 aromatic rings. The molecule has 1 aliphatic heterocycles. The monoisotopic (exact) mass is 331 g/mol. The Hall–Kier alpha value is -1.39. The lowest BCUT2D eigenvalue weighted by molar-refractivity contribution is -0.928. The second-order valence-electron chi connectivity index (χ2n) is 6.72. The Labute approximate surface area is 142 Å². The predicted octanol–water partition coefficient (Wildman–Crippen LogP) is 2.79. The number of hydrogen-bond donors (Lipinski definition) is 2. The number of rotatable bonds is 5. The van der Waals surface area contributed by atoms with E-state index in [9.17, 15) is 4.79 Å². The number of nitrogens with one attached hydrogen (secondary N) is 2. The number of carbonyl (C=O) groups excluding carboxylic acids is 1. The normalized spacial score (nSPS) is 21.5. The SMILES string of the molecule is Cc1c(C(=O)NCCC[NH+]2CCCC[C@H]2C)sc2ccccc12. The van der Waals surface area contributed by atoms with Gasteiger partial charge in [0.05, 0.1) is 24.0 Å². The van der Waals surface area contributed by atoms with Crippen molar-refractivity contribution in [2.45, 2.75) is 45.6 Å². The number of aryl methyl sites for hydroxylation is 1. The van der Waals surface area contributed by atoms with Crippen LogP contribution in [-0.4, -0.2) is 31.6 Å². The Morgan fingerprint density at radius 3 is 2.96 bits per heavy atom. The molecule has 0 radical (unpaired) electrons. The Morgan fingerprint density at radius 1 is 1.35 bits per heavy atom. The molecule has 1 unspecified atom stereocenters. The van der Waals surface area contributed by atoms with Crippen molar-refractivity contribution < 1.29 is 9.69 Å². The number of hydrogen-bond acceptors (Lipinski definition) is 2. The van der Waals surface area contributed by atoms with Crippen molar-refractivity contribution in [1.82, 2.24) is 5.32 Å². The van der Waals surface area contributed by atoms with Gasteiger partial charge in [-0.3, -0.25) is 4.79 Å². The summed E-state index contributed by atoms with van der Waals surface area (Å²) in [4.78, 5) is 15.0. The fourth-order valence-electron chi connectivity index (χ4n) is 3.61. The maximum absolute atomic E-state index is 12.4. The van der Waals surface area contributed by atoms with Crippen LogP contribution in [0.5, 0.6) is 0 Å². The molecule has 2 heterocycles. The third-order valence-corrected chi connectivity index (χ3v) is 6.36. The quantitative estimate of drug-likeness (QED) is 0.812. The van der Waals surface area contributed by atoms with Gasteiger partial charge < -0.3 is 10.2 Å². The van der Waals surface area contributed by atoms with Gasteiger partial charge in [-0.25, -0.2) is 0 Å². The minimum Gasteiger partial charge on any atom is -0.351 e. The molecule has 0 aliphatic carbocycles. The van der Waals surface area contributed by atoms with E-state index in [1.807, 2.05) is 19.1 Å². The number of carbonyl (C=O) groups is 1. The van der Waals surface area contributed by atoms with Crippen LogP contribution in [0.1, 0.15) is 47.8 Å². The molecular formula is C19H27N2OS+. The molecular weight excluding hydrogens is 304 g/mol. The van der Waals surface area contributed by atoms with Crippen molar-refractivity contribution in [3.8, 4) is 0 Å². The molecule has 23 heavy (non-hydrogen) atoms. The van der Waals surface area contributed by atoms with Crippen molar-refractivity contribution in [2.24, 2.45) is 0 Å². The zero-order chi connectivity index (χ0) is 16.2. The highest BCUT2D eigenvalue weighted by atomic mass is 32.1. The molecule has 3 nitrogen and oxygen atoms in total. The van der Waals surface area contributed by atoms with Gasteiger partial charge >= 0.3 is 0 Å². The van der Waals surface area contributed by atoms with Crippen LogP contribution >= 0.6 is 11.3 Å². The van der Waals surface area contributed by atoms with Gasteiger partial charge in [-0.15, -0.1) is 11.3 Å². The summed E-state index contributed by atoms with van der Waals surface area (Å²) >= 11 is 1.60.